The van der Waals surface area contributed by atoms with Crippen molar-refractivity contribution < 1.29 is 17.6 Å². The molecule has 0 spiro atoms. The predicted octanol–water partition coefficient (Wildman–Crippen LogP) is 5.85. The Bertz CT molecular complexity index is 1170. The van der Waals surface area contributed by atoms with Crippen molar-refractivity contribution in [2.24, 2.45) is 0 Å². The minimum Gasteiger partial charge on any atom is -0.453 e. The smallest absolute Gasteiger partial charge is 0.416 e. The van der Waals surface area contributed by atoms with E-state index in [9.17, 15) is 13.2 Å². The summed E-state index contributed by atoms with van der Waals surface area (Å²) in [6, 6.07) is 9.51. The van der Waals surface area contributed by atoms with Crippen molar-refractivity contribution in [3.63, 3.8) is 0 Å². The summed E-state index contributed by atoms with van der Waals surface area (Å²) in [6.07, 6.45) is -3.39. The van der Waals surface area contributed by atoms with E-state index in [1.54, 1.807) is 24.3 Å². The molecule has 10 heteroatoms. The van der Waals surface area contributed by atoms with Crippen LogP contribution in [0, 0.1) is 0 Å². The maximum atomic E-state index is 13.4. The van der Waals surface area contributed by atoms with Gasteiger partial charge in [-0.05, 0) is 53.1 Å². The SMILES string of the molecule is CCCc1ccc(NCc2cc3oc(-c4nn[nH]n4)cc3cc2Cl)cc1C(F)(F)F. The van der Waals surface area contributed by atoms with Gasteiger partial charge in [-0.15, -0.1) is 10.2 Å². The fourth-order valence-corrected chi connectivity index (χ4v) is 3.49. The summed E-state index contributed by atoms with van der Waals surface area (Å²) in [5.74, 6) is 0.745. The third-order valence-corrected chi connectivity index (χ3v) is 5.02. The Morgan fingerprint density at radius 3 is 2.67 bits per heavy atom. The van der Waals surface area contributed by atoms with Crippen LogP contribution in [0.3, 0.4) is 0 Å². The van der Waals surface area contributed by atoms with Crippen LogP contribution in [-0.4, -0.2) is 20.6 Å². The molecular formula is C20H17ClF3N5O. The zero-order valence-corrected chi connectivity index (χ0v) is 16.6. The number of benzene rings is 2. The van der Waals surface area contributed by atoms with Crippen LogP contribution in [0.4, 0.5) is 18.9 Å². The van der Waals surface area contributed by atoms with E-state index in [0.717, 1.165) is 11.5 Å². The van der Waals surface area contributed by atoms with E-state index in [0.29, 0.717) is 51.8 Å². The summed E-state index contributed by atoms with van der Waals surface area (Å²) >= 11 is 6.36. The molecule has 0 aliphatic carbocycles. The Hall–Kier alpha value is -3.07. The first kappa shape index (κ1) is 20.2. The first-order valence-electron chi connectivity index (χ1n) is 9.25. The minimum atomic E-state index is -4.40. The number of hydrogen-bond donors (Lipinski definition) is 2. The Morgan fingerprint density at radius 1 is 1.13 bits per heavy atom. The van der Waals surface area contributed by atoms with Gasteiger partial charge in [0.2, 0.25) is 5.82 Å². The second-order valence-electron chi connectivity index (χ2n) is 6.80. The number of halogens is 4. The Morgan fingerprint density at radius 2 is 1.97 bits per heavy atom. The maximum Gasteiger partial charge on any atom is 0.416 e. The molecule has 0 aliphatic rings. The van der Waals surface area contributed by atoms with Gasteiger partial charge in [-0.3, -0.25) is 0 Å². The molecular weight excluding hydrogens is 419 g/mol. The van der Waals surface area contributed by atoms with Gasteiger partial charge in [-0.25, -0.2) is 0 Å². The number of furan rings is 1. The predicted molar refractivity (Wildman–Crippen MR) is 107 cm³/mol. The number of aromatic nitrogens is 4. The lowest BCUT2D eigenvalue weighted by atomic mass is 10.0. The molecule has 0 saturated carbocycles. The summed E-state index contributed by atoms with van der Waals surface area (Å²) < 4.78 is 45.9. The van der Waals surface area contributed by atoms with Gasteiger partial charge in [0.05, 0.1) is 5.56 Å². The number of tetrazole rings is 1. The number of aromatic amines is 1. The number of H-pyrrole nitrogens is 1. The van der Waals surface area contributed by atoms with Gasteiger partial charge >= 0.3 is 6.18 Å². The number of rotatable bonds is 6. The average Bonchev–Trinajstić information content (AvgIpc) is 3.35. The molecule has 0 fully saturated rings. The molecule has 6 nitrogen and oxygen atoms in total. The number of nitrogens with zero attached hydrogens (tertiary/aromatic N) is 3. The van der Waals surface area contributed by atoms with Crippen LogP contribution in [0.5, 0.6) is 0 Å². The first-order chi connectivity index (χ1) is 14.3. The zero-order valence-electron chi connectivity index (χ0n) is 15.8. The fraction of sp³-hybridized carbons (Fsp3) is 0.250. The van der Waals surface area contributed by atoms with Crippen molar-refractivity contribution in [3.05, 3.63) is 58.1 Å². The van der Waals surface area contributed by atoms with E-state index in [4.69, 9.17) is 16.0 Å². The van der Waals surface area contributed by atoms with Gasteiger partial charge in [0.1, 0.15) is 5.58 Å². The highest BCUT2D eigenvalue weighted by Gasteiger charge is 2.33. The lowest BCUT2D eigenvalue weighted by molar-refractivity contribution is -0.138. The highest BCUT2D eigenvalue weighted by molar-refractivity contribution is 6.32. The van der Waals surface area contributed by atoms with Gasteiger partial charge < -0.3 is 9.73 Å². The van der Waals surface area contributed by atoms with Crippen LogP contribution in [0.1, 0.15) is 30.0 Å². The van der Waals surface area contributed by atoms with Gasteiger partial charge in [-0.1, -0.05) is 31.0 Å². The minimum absolute atomic E-state index is 0.234. The van der Waals surface area contributed by atoms with E-state index in [-0.39, 0.29) is 6.54 Å². The van der Waals surface area contributed by atoms with E-state index in [1.165, 1.54) is 6.07 Å². The molecule has 2 heterocycles. The van der Waals surface area contributed by atoms with Crippen molar-refractivity contribution in [1.82, 2.24) is 20.6 Å². The third kappa shape index (κ3) is 4.11. The van der Waals surface area contributed by atoms with Crippen molar-refractivity contribution in [3.8, 4) is 11.6 Å². The number of alkyl halides is 3. The van der Waals surface area contributed by atoms with Crippen LogP contribution in [0.2, 0.25) is 5.02 Å². The molecule has 0 atom stereocenters. The van der Waals surface area contributed by atoms with Crippen LogP contribution < -0.4 is 5.32 Å². The molecule has 0 aliphatic heterocycles. The normalized spacial score (nSPS) is 11.9. The quantitative estimate of drug-likeness (QED) is 0.397. The van der Waals surface area contributed by atoms with Crippen LogP contribution >= 0.6 is 11.6 Å². The fourth-order valence-electron chi connectivity index (χ4n) is 3.25. The van der Waals surface area contributed by atoms with Crippen LogP contribution in [-0.2, 0) is 19.1 Å². The number of anilines is 1. The summed E-state index contributed by atoms with van der Waals surface area (Å²) in [6.45, 7) is 2.08. The van der Waals surface area contributed by atoms with Crippen LogP contribution in [0.15, 0.2) is 40.8 Å². The molecule has 0 bridgehead atoms. The standard InChI is InChI=1S/C20H17ClF3N5O/c1-2-3-11-4-5-14(9-15(11)20(22,23)24)25-10-13-8-17-12(6-16(13)21)7-18(30-17)19-26-28-29-27-19/h4-9,25H,2-3,10H2,1H3,(H,26,27,28,29). The lowest BCUT2D eigenvalue weighted by Gasteiger charge is -2.15. The summed E-state index contributed by atoms with van der Waals surface area (Å²) in [4.78, 5) is 0. The molecule has 2 aromatic carbocycles. The highest BCUT2D eigenvalue weighted by atomic mass is 35.5. The Balaban J connectivity index is 1.58. The van der Waals surface area contributed by atoms with Gasteiger partial charge in [0.25, 0.3) is 0 Å². The molecule has 0 amide bonds. The van der Waals surface area contributed by atoms with Gasteiger partial charge in [0.15, 0.2) is 5.76 Å². The molecule has 0 unspecified atom stereocenters. The Kier molecular flexibility index (Phi) is 5.38. The van der Waals surface area contributed by atoms with Crippen molar-refractivity contribution in [2.45, 2.75) is 32.5 Å². The monoisotopic (exact) mass is 435 g/mol. The van der Waals surface area contributed by atoms with Gasteiger partial charge in [-0.2, -0.15) is 18.4 Å². The lowest BCUT2D eigenvalue weighted by Crippen LogP contribution is -2.10. The van der Waals surface area contributed by atoms with Crippen molar-refractivity contribution in [1.29, 1.82) is 0 Å². The molecule has 30 heavy (non-hydrogen) atoms. The molecule has 0 saturated heterocycles. The van der Waals surface area contributed by atoms with E-state index in [2.05, 4.69) is 25.9 Å². The molecule has 156 valence electrons. The maximum absolute atomic E-state index is 13.4. The second kappa shape index (κ2) is 7.98. The second-order valence-corrected chi connectivity index (χ2v) is 7.21. The molecule has 2 N–H and O–H groups in total. The van der Waals surface area contributed by atoms with Gasteiger partial charge in [0, 0.05) is 22.6 Å². The Labute approximate surface area is 174 Å². The van der Waals surface area contributed by atoms with Crippen LogP contribution in [0.25, 0.3) is 22.6 Å². The van der Waals surface area contributed by atoms with Crippen molar-refractivity contribution in [2.75, 3.05) is 5.32 Å². The third-order valence-electron chi connectivity index (χ3n) is 4.67. The topological polar surface area (TPSA) is 79.6 Å². The molecule has 4 rings (SSSR count). The summed E-state index contributed by atoms with van der Waals surface area (Å²) in [5, 5.41) is 17.8. The molecule has 4 aromatic rings. The van der Waals surface area contributed by atoms with E-state index >= 15 is 0 Å². The van der Waals surface area contributed by atoms with Crippen molar-refractivity contribution >= 4 is 28.3 Å². The molecule has 2 aromatic heterocycles. The molecule has 0 radical (unpaired) electrons. The highest BCUT2D eigenvalue weighted by Crippen LogP contribution is 2.35. The first-order valence-corrected chi connectivity index (χ1v) is 9.62. The zero-order chi connectivity index (χ0) is 21.3. The number of aryl methyl sites for hydroxylation is 1. The average molecular weight is 436 g/mol. The number of hydrogen-bond acceptors (Lipinski definition) is 5. The van der Waals surface area contributed by atoms with E-state index in [1.807, 2.05) is 6.92 Å². The summed E-state index contributed by atoms with van der Waals surface area (Å²) in [5.41, 5.74) is 1.28. The largest absolute Gasteiger partial charge is 0.453 e. The number of fused-ring (bicyclic) bond motifs is 1. The number of nitrogens with one attached hydrogen (secondary N) is 2. The summed E-state index contributed by atoms with van der Waals surface area (Å²) in [7, 11) is 0. The van der Waals surface area contributed by atoms with E-state index < -0.39 is 11.7 Å².